The van der Waals surface area contributed by atoms with Gasteiger partial charge in [0.15, 0.2) is 0 Å². The third-order valence-electron chi connectivity index (χ3n) is 1.75. The van der Waals surface area contributed by atoms with Crippen molar-refractivity contribution in [2.24, 2.45) is 5.92 Å². The quantitative estimate of drug-likeness (QED) is 0.630. The Labute approximate surface area is 85.9 Å². The van der Waals surface area contributed by atoms with E-state index in [9.17, 15) is 0 Å². The van der Waals surface area contributed by atoms with Crippen molar-refractivity contribution in [3.8, 4) is 0 Å². The lowest BCUT2D eigenvalue weighted by Crippen LogP contribution is -2.20. The van der Waals surface area contributed by atoms with Crippen molar-refractivity contribution in [3.63, 3.8) is 0 Å². The number of hydrogen-bond donors (Lipinski definition) is 2. The highest BCUT2D eigenvalue weighted by Gasteiger charge is 2.13. The van der Waals surface area contributed by atoms with Crippen LogP contribution in [0.2, 0.25) is 0 Å². The molecule has 0 aromatic heterocycles. The predicted molar refractivity (Wildman–Crippen MR) is 55.3 cm³/mol. The first kappa shape index (κ1) is 15.8. The summed E-state index contributed by atoms with van der Waals surface area (Å²) in [6.07, 6.45) is 3.02. The molecule has 86 valence electrons. The van der Waals surface area contributed by atoms with Gasteiger partial charge in [0.25, 0.3) is 5.97 Å². The maximum Gasteiger partial charge on any atom is 0.300 e. The molecule has 0 amide bonds. The van der Waals surface area contributed by atoms with Crippen LogP contribution in [0.3, 0.4) is 0 Å². The molecule has 4 nitrogen and oxygen atoms in total. The van der Waals surface area contributed by atoms with Crippen molar-refractivity contribution in [1.82, 2.24) is 0 Å². The molecule has 0 aliphatic carbocycles. The van der Waals surface area contributed by atoms with Crippen LogP contribution >= 0.6 is 0 Å². The van der Waals surface area contributed by atoms with Crippen LogP contribution in [0.5, 0.6) is 0 Å². The maximum absolute atomic E-state index is 9.00. The lowest BCUT2D eigenvalue weighted by Gasteiger charge is -2.23. The Kier molecular flexibility index (Phi) is 11.9. The van der Waals surface area contributed by atoms with E-state index in [1.807, 2.05) is 0 Å². The minimum Gasteiger partial charge on any atom is -0.481 e. The number of aliphatic hydroxyl groups is 1. The van der Waals surface area contributed by atoms with E-state index in [0.717, 1.165) is 26.6 Å². The molecule has 1 saturated heterocycles. The SMILES string of the molecule is CC(=O)O.CC1CCOC(C)C1.CO. The maximum atomic E-state index is 9.00. The molecule has 0 bridgehead atoms. The van der Waals surface area contributed by atoms with Crippen LogP contribution in [0.25, 0.3) is 0 Å². The van der Waals surface area contributed by atoms with Crippen LogP contribution in [-0.4, -0.2) is 36.0 Å². The van der Waals surface area contributed by atoms with Gasteiger partial charge in [-0.3, -0.25) is 4.79 Å². The Hall–Kier alpha value is -0.610. The summed E-state index contributed by atoms with van der Waals surface area (Å²) in [7, 11) is 1.00. The van der Waals surface area contributed by atoms with E-state index in [-0.39, 0.29) is 0 Å². The second-order valence-electron chi connectivity index (χ2n) is 3.33. The number of hydrogen-bond acceptors (Lipinski definition) is 3. The van der Waals surface area contributed by atoms with Gasteiger partial charge < -0.3 is 14.9 Å². The molecule has 0 saturated carbocycles. The predicted octanol–water partition coefficient (Wildman–Crippen LogP) is 1.52. The van der Waals surface area contributed by atoms with E-state index < -0.39 is 5.97 Å². The number of carbonyl (C=O) groups is 1. The summed E-state index contributed by atoms with van der Waals surface area (Å²) in [5.41, 5.74) is 0. The summed E-state index contributed by atoms with van der Waals surface area (Å²) in [6, 6.07) is 0. The van der Waals surface area contributed by atoms with E-state index in [2.05, 4.69) is 13.8 Å². The van der Waals surface area contributed by atoms with Crippen molar-refractivity contribution >= 4 is 5.97 Å². The minimum atomic E-state index is -0.833. The first-order valence-corrected chi connectivity index (χ1v) is 4.78. The van der Waals surface area contributed by atoms with E-state index in [1.54, 1.807) is 0 Å². The summed E-state index contributed by atoms with van der Waals surface area (Å²) in [6.45, 7) is 6.50. The van der Waals surface area contributed by atoms with Gasteiger partial charge in [-0.2, -0.15) is 0 Å². The molecule has 0 spiro atoms. The highest BCUT2D eigenvalue weighted by molar-refractivity contribution is 5.62. The molecule has 2 unspecified atom stereocenters. The molecule has 0 aromatic rings. The van der Waals surface area contributed by atoms with Gasteiger partial charge in [-0.05, 0) is 25.7 Å². The third kappa shape index (κ3) is 13.9. The summed E-state index contributed by atoms with van der Waals surface area (Å²) in [5, 5.41) is 14.4. The fraction of sp³-hybridized carbons (Fsp3) is 0.900. The van der Waals surface area contributed by atoms with Crippen molar-refractivity contribution < 1.29 is 19.7 Å². The molecule has 0 radical (unpaired) electrons. The molecule has 14 heavy (non-hydrogen) atoms. The van der Waals surface area contributed by atoms with E-state index in [0.29, 0.717) is 6.10 Å². The van der Waals surface area contributed by atoms with Crippen molar-refractivity contribution in [2.75, 3.05) is 13.7 Å². The first-order valence-electron chi connectivity index (χ1n) is 4.78. The van der Waals surface area contributed by atoms with Crippen LogP contribution < -0.4 is 0 Å². The second kappa shape index (κ2) is 10.5. The molecule has 0 aromatic carbocycles. The summed E-state index contributed by atoms with van der Waals surface area (Å²) >= 11 is 0. The molecular weight excluding hydrogens is 184 g/mol. The highest BCUT2D eigenvalue weighted by Crippen LogP contribution is 2.18. The number of carboxylic acids is 1. The standard InChI is InChI=1S/C7H14O.C2H4O2.CH4O/c1-6-3-4-8-7(2)5-6;1-2(3)4;1-2/h6-7H,3-5H2,1-2H3;1H3,(H,3,4);2H,1H3. The van der Waals surface area contributed by atoms with E-state index in [1.165, 1.54) is 12.8 Å². The van der Waals surface area contributed by atoms with Gasteiger partial charge >= 0.3 is 0 Å². The number of aliphatic hydroxyl groups excluding tert-OH is 1. The normalized spacial score (nSPS) is 24.9. The Morgan fingerprint density at radius 1 is 1.36 bits per heavy atom. The molecule has 2 N–H and O–H groups in total. The second-order valence-corrected chi connectivity index (χ2v) is 3.33. The van der Waals surface area contributed by atoms with Crippen molar-refractivity contribution in [1.29, 1.82) is 0 Å². The topological polar surface area (TPSA) is 66.8 Å². The van der Waals surface area contributed by atoms with Gasteiger partial charge in [0.05, 0.1) is 6.10 Å². The molecule has 1 fully saturated rings. The van der Waals surface area contributed by atoms with Gasteiger partial charge in [0, 0.05) is 20.6 Å². The van der Waals surface area contributed by atoms with Crippen LogP contribution in [0.1, 0.15) is 33.6 Å². The lowest BCUT2D eigenvalue weighted by molar-refractivity contribution is -0.134. The van der Waals surface area contributed by atoms with Gasteiger partial charge in [-0.15, -0.1) is 0 Å². The first-order chi connectivity index (χ1) is 6.52. The molecule has 1 heterocycles. The fourth-order valence-electron chi connectivity index (χ4n) is 1.22. The average molecular weight is 206 g/mol. The minimum absolute atomic E-state index is 0.513. The molecule has 1 rings (SSSR count). The zero-order valence-electron chi connectivity index (χ0n) is 9.49. The molecule has 2 atom stereocenters. The van der Waals surface area contributed by atoms with Crippen LogP contribution in [0.4, 0.5) is 0 Å². The Balaban J connectivity index is 0. The number of aliphatic carboxylic acids is 1. The zero-order valence-corrected chi connectivity index (χ0v) is 9.49. The average Bonchev–Trinajstić information content (AvgIpc) is 2.06. The van der Waals surface area contributed by atoms with Gasteiger partial charge in [0.1, 0.15) is 0 Å². The van der Waals surface area contributed by atoms with Crippen molar-refractivity contribution in [3.05, 3.63) is 0 Å². The molecular formula is C10H22O4. The Morgan fingerprint density at radius 3 is 2.00 bits per heavy atom. The third-order valence-corrected chi connectivity index (χ3v) is 1.75. The van der Waals surface area contributed by atoms with E-state index >= 15 is 0 Å². The lowest BCUT2D eigenvalue weighted by atomic mass is 9.99. The summed E-state index contributed by atoms with van der Waals surface area (Å²) in [4.78, 5) is 9.00. The van der Waals surface area contributed by atoms with Crippen LogP contribution in [-0.2, 0) is 9.53 Å². The van der Waals surface area contributed by atoms with Gasteiger partial charge in [0.2, 0.25) is 0 Å². The number of ether oxygens (including phenoxy) is 1. The molecule has 1 aliphatic rings. The fourth-order valence-corrected chi connectivity index (χ4v) is 1.22. The largest absolute Gasteiger partial charge is 0.481 e. The highest BCUT2D eigenvalue weighted by atomic mass is 16.5. The zero-order chi connectivity index (χ0) is 11.6. The molecule has 4 heteroatoms. The Morgan fingerprint density at radius 2 is 1.79 bits per heavy atom. The monoisotopic (exact) mass is 206 g/mol. The van der Waals surface area contributed by atoms with Gasteiger partial charge in [-0.1, -0.05) is 6.92 Å². The van der Waals surface area contributed by atoms with Crippen LogP contribution in [0, 0.1) is 5.92 Å². The van der Waals surface area contributed by atoms with Crippen LogP contribution in [0.15, 0.2) is 0 Å². The van der Waals surface area contributed by atoms with Crippen molar-refractivity contribution in [2.45, 2.75) is 39.7 Å². The summed E-state index contributed by atoms with van der Waals surface area (Å²) in [5.74, 6) is 0.0544. The molecule has 1 aliphatic heterocycles. The van der Waals surface area contributed by atoms with E-state index in [4.69, 9.17) is 19.7 Å². The number of rotatable bonds is 0. The Bertz CT molecular complexity index is 124. The van der Waals surface area contributed by atoms with Gasteiger partial charge in [-0.25, -0.2) is 0 Å². The smallest absolute Gasteiger partial charge is 0.300 e. The summed E-state index contributed by atoms with van der Waals surface area (Å²) < 4.78 is 5.35. The number of carboxylic acid groups (broad SMARTS) is 1.